The maximum Gasteiger partial charge on any atom is 0.341 e. The van der Waals surface area contributed by atoms with E-state index in [1.807, 2.05) is 0 Å². The molecule has 1 aliphatic carbocycles. The Morgan fingerprint density at radius 2 is 2.11 bits per heavy atom. The fourth-order valence-electron chi connectivity index (χ4n) is 2.03. The summed E-state index contributed by atoms with van der Waals surface area (Å²) in [6.07, 6.45) is 2.43. The second-order valence-corrected chi connectivity index (χ2v) is 4.70. The smallest absolute Gasteiger partial charge is 0.341 e. The normalized spacial score (nSPS) is 16.4. The lowest BCUT2D eigenvalue weighted by molar-refractivity contribution is -0.0669. The van der Waals surface area contributed by atoms with Crippen LogP contribution < -0.4 is 9.47 Å². The lowest BCUT2D eigenvalue weighted by Crippen LogP contribution is -2.42. The van der Waals surface area contributed by atoms with Crippen molar-refractivity contribution in [2.24, 2.45) is 0 Å². The number of esters is 1. The summed E-state index contributed by atoms with van der Waals surface area (Å²) in [6.45, 7) is 0.150. The number of carbonyl (C=O) groups is 1. The molecule has 0 aliphatic heterocycles. The van der Waals surface area contributed by atoms with E-state index in [-0.39, 0.29) is 6.61 Å². The summed E-state index contributed by atoms with van der Waals surface area (Å²) in [6, 6.07) is 5.00. The van der Waals surface area contributed by atoms with Crippen molar-refractivity contribution in [1.82, 2.24) is 0 Å². The Bertz CT molecular complexity index is 465. The number of para-hydroxylation sites is 1. The third-order valence-corrected chi connectivity index (χ3v) is 3.37. The van der Waals surface area contributed by atoms with E-state index in [0.717, 1.165) is 19.3 Å². The van der Waals surface area contributed by atoms with Crippen LogP contribution in [0.5, 0.6) is 11.5 Å². The Morgan fingerprint density at radius 1 is 1.37 bits per heavy atom. The van der Waals surface area contributed by atoms with Crippen LogP contribution in [0.15, 0.2) is 18.2 Å². The van der Waals surface area contributed by atoms with Crippen molar-refractivity contribution in [3.05, 3.63) is 23.8 Å². The van der Waals surface area contributed by atoms with Crippen LogP contribution in [0, 0.1) is 0 Å². The van der Waals surface area contributed by atoms with E-state index in [1.54, 1.807) is 18.2 Å². The van der Waals surface area contributed by atoms with Crippen molar-refractivity contribution in [3.63, 3.8) is 0 Å². The van der Waals surface area contributed by atoms with Gasteiger partial charge in [-0.05, 0) is 31.4 Å². The van der Waals surface area contributed by atoms with Gasteiger partial charge in [0.1, 0.15) is 12.2 Å². The van der Waals surface area contributed by atoms with E-state index in [0.29, 0.717) is 17.1 Å². The fourth-order valence-corrected chi connectivity index (χ4v) is 2.03. The molecule has 0 spiro atoms. The highest BCUT2D eigenvalue weighted by Gasteiger charge is 2.36. The molecule has 0 unspecified atom stereocenters. The predicted molar refractivity (Wildman–Crippen MR) is 68.6 cm³/mol. The van der Waals surface area contributed by atoms with Gasteiger partial charge in [-0.1, -0.05) is 6.07 Å². The molecule has 5 heteroatoms. The minimum Gasteiger partial charge on any atom is -0.493 e. The molecular formula is C14H18O5. The second-order valence-electron chi connectivity index (χ2n) is 4.70. The van der Waals surface area contributed by atoms with Gasteiger partial charge in [0.05, 0.1) is 19.8 Å². The number of rotatable bonds is 5. The topological polar surface area (TPSA) is 65.0 Å². The van der Waals surface area contributed by atoms with Crippen LogP contribution in [0.2, 0.25) is 0 Å². The maximum absolute atomic E-state index is 11.7. The molecule has 0 heterocycles. The first-order valence-corrected chi connectivity index (χ1v) is 6.20. The molecule has 0 saturated heterocycles. The quantitative estimate of drug-likeness (QED) is 0.823. The van der Waals surface area contributed by atoms with Gasteiger partial charge in [-0.25, -0.2) is 4.79 Å². The lowest BCUT2D eigenvalue weighted by Gasteiger charge is -2.36. The minimum atomic E-state index is -0.783. The van der Waals surface area contributed by atoms with Crippen molar-refractivity contribution >= 4 is 5.97 Å². The zero-order valence-corrected chi connectivity index (χ0v) is 11.1. The first-order valence-electron chi connectivity index (χ1n) is 6.20. The molecule has 0 radical (unpaired) electrons. The average molecular weight is 266 g/mol. The molecule has 0 amide bonds. The maximum atomic E-state index is 11.7. The van der Waals surface area contributed by atoms with E-state index in [9.17, 15) is 9.90 Å². The highest BCUT2D eigenvalue weighted by Crippen LogP contribution is 2.36. The molecule has 1 saturated carbocycles. The van der Waals surface area contributed by atoms with Gasteiger partial charge >= 0.3 is 5.97 Å². The molecule has 1 N–H and O–H groups in total. The van der Waals surface area contributed by atoms with Crippen LogP contribution in [0.1, 0.15) is 29.6 Å². The van der Waals surface area contributed by atoms with E-state index in [2.05, 4.69) is 0 Å². The first-order chi connectivity index (χ1) is 9.09. The molecule has 5 nitrogen and oxygen atoms in total. The molecule has 1 aromatic rings. The van der Waals surface area contributed by atoms with Crippen LogP contribution in [0.3, 0.4) is 0 Å². The summed E-state index contributed by atoms with van der Waals surface area (Å²) in [4.78, 5) is 11.7. The van der Waals surface area contributed by atoms with Gasteiger partial charge in [0.15, 0.2) is 11.5 Å². The number of ether oxygens (including phenoxy) is 3. The van der Waals surface area contributed by atoms with E-state index in [1.165, 1.54) is 14.2 Å². The molecule has 19 heavy (non-hydrogen) atoms. The molecular weight excluding hydrogens is 248 g/mol. The molecule has 104 valence electrons. The van der Waals surface area contributed by atoms with Crippen LogP contribution in [0.25, 0.3) is 0 Å². The Hall–Kier alpha value is -1.75. The van der Waals surface area contributed by atoms with E-state index < -0.39 is 11.6 Å². The van der Waals surface area contributed by atoms with Crippen molar-refractivity contribution in [3.8, 4) is 11.5 Å². The molecule has 0 bridgehead atoms. The Morgan fingerprint density at radius 3 is 2.63 bits per heavy atom. The highest BCUT2D eigenvalue weighted by molar-refractivity contribution is 5.93. The Kier molecular flexibility index (Phi) is 3.95. The van der Waals surface area contributed by atoms with Crippen LogP contribution in [0.4, 0.5) is 0 Å². The van der Waals surface area contributed by atoms with Crippen molar-refractivity contribution in [1.29, 1.82) is 0 Å². The van der Waals surface area contributed by atoms with Gasteiger partial charge in [0.25, 0.3) is 0 Å². The van der Waals surface area contributed by atoms with Crippen molar-refractivity contribution < 1.29 is 24.1 Å². The zero-order chi connectivity index (χ0) is 13.9. The van der Waals surface area contributed by atoms with Gasteiger partial charge in [0.2, 0.25) is 0 Å². The molecule has 1 aliphatic rings. The summed E-state index contributed by atoms with van der Waals surface area (Å²) < 4.78 is 15.5. The fraction of sp³-hybridized carbons (Fsp3) is 0.500. The number of carbonyl (C=O) groups excluding carboxylic acids is 1. The number of aliphatic hydroxyl groups is 1. The summed E-state index contributed by atoms with van der Waals surface area (Å²) in [5, 5.41) is 10.0. The molecule has 0 atom stereocenters. The van der Waals surface area contributed by atoms with Crippen LogP contribution >= 0.6 is 0 Å². The predicted octanol–water partition coefficient (Wildman–Crippen LogP) is 1.78. The lowest BCUT2D eigenvalue weighted by atomic mass is 9.81. The van der Waals surface area contributed by atoms with Crippen molar-refractivity contribution in [2.75, 3.05) is 20.8 Å². The van der Waals surface area contributed by atoms with Gasteiger partial charge in [-0.3, -0.25) is 0 Å². The summed E-state index contributed by atoms with van der Waals surface area (Å²) in [7, 11) is 2.81. The first kappa shape index (κ1) is 13.7. The van der Waals surface area contributed by atoms with E-state index in [4.69, 9.17) is 14.2 Å². The zero-order valence-electron chi connectivity index (χ0n) is 11.1. The standard InChI is InChI=1S/C14H18O5/c1-17-11-6-3-5-10(13(15)18-2)12(11)19-9-14(16)7-4-8-14/h3,5-6,16H,4,7-9H2,1-2H3. The Labute approximate surface area is 112 Å². The van der Waals surface area contributed by atoms with Gasteiger partial charge in [-0.2, -0.15) is 0 Å². The molecule has 1 fully saturated rings. The van der Waals surface area contributed by atoms with Gasteiger partial charge in [0, 0.05) is 0 Å². The van der Waals surface area contributed by atoms with Gasteiger partial charge < -0.3 is 19.3 Å². The van der Waals surface area contributed by atoms with Crippen molar-refractivity contribution in [2.45, 2.75) is 24.9 Å². The minimum absolute atomic E-state index is 0.150. The summed E-state index contributed by atoms with van der Waals surface area (Å²) >= 11 is 0. The number of methoxy groups -OCH3 is 2. The monoisotopic (exact) mass is 266 g/mol. The summed E-state index contributed by atoms with van der Waals surface area (Å²) in [5.74, 6) is 0.275. The number of benzene rings is 1. The average Bonchev–Trinajstić information content (AvgIpc) is 2.41. The number of hydrogen-bond acceptors (Lipinski definition) is 5. The second kappa shape index (κ2) is 5.48. The molecule has 0 aromatic heterocycles. The molecule has 1 aromatic carbocycles. The largest absolute Gasteiger partial charge is 0.493 e. The SMILES string of the molecule is COC(=O)c1cccc(OC)c1OCC1(O)CCC1. The third kappa shape index (κ3) is 2.81. The van der Waals surface area contributed by atoms with Gasteiger partial charge in [-0.15, -0.1) is 0 Å². The summed E-state index contributed by atoms with van der Waals surface area (Å²) in [5.41, 5.74) is -0.487. The number of hydrogen-bond donors (Lipinski definition) is 1. The van der Waals surface area contributed by atoms with E-state index >= 15 is 0 Å². The van der Waals surface area contributed by atoms with Crippen LogP contribution in [-0.4, -0.2) is 37.5 Å². The highest BCUT2D eigenvalue weighted by atomic mass is 16.5. The Balaban J connectivity index is 2.22. The molecule has 2 rings (SSSR count). The van der Waals surface area contributed by atoms with Crippen LogP contribution in [-0.2, 0) is 4.74 Å². The third-order valence-electron chi connectivity index (χ3n) is 3.37.